The third kappa shape index (κ3) is 5.19. The van der Waals surface area contributed by atoms with Gasteiger partial charge in [0.25, 0.3) is 0 Å². The average Bonchev–Trinajstić information content (AvgIpc) is 2.89. The first kappa shape index (κ1) is 25.6. The Morgan fingerprint density at radius 3 is 2.73 bits per heavy atom. The second-order valence-electron chi connectivity index (χ2n) is 9.67. The summed E-state index contributed by atoms with van der Waals surface area (Å²) in [5.74, 6) is 0.861. The van der Waals surface area contributed by atoms with Crippen molar-refractivity contribution in [3.8, 4) is 28.7 Å². The summed E-state index contributed by atoms with van der Waals surface area (Å²) in [5, 5.41) is 9.22. The molecule has 3 heterocycles. The molecule has 0 amide bonds. The Morgan fingerprint density at radius 2 is 1.97 bits per heavy atom. The van der Waals surface area contributed by atoms with Crippen LogP contribution in [0.25, 0.3) is 11.1 Å². The van der Waals surface area contributed by atoms with Crippen LogP contribution in [0.1, 0.15) is 43.4 Å². The van der Waals surface area contributed by atoms with E-state index in [0.29, 0.717) is 22.9 Å². The van der Waals surface area contributed by atoms with E-state index < -0.39 is 11.9 Å². The van der Waals surface area contributed by atoms with E-state index >= 15 is 0 Å². The summed E-state index contributed by atoms with van der Waals surface area (Å²) in [7, 11) is 0. The molecule has 1 spiro atoms. The van der Waals surface area contributed by atoms with Crippen molar-refractivity contribution >= 4 is 29.0 Å². The van der Waals surface area contributed by atoms with Crippen molar-refractivity contribution in [1.82, 2.24) is 9.88 Å². The number of hydrogen-bond donors (Lipinski definition) is 1. The molecular formula is C28H27Cl2FN4O2. The number of halogens is 3. The number of nitrogen functional groups attached to an aromatic ring is 1. The van der Waals surface area contributed by atoms with Crippen molar-refractivity contribution in [2.45, 2.75) is 44.3 Å². The minimum atomic E-state index is -0.659. The van der Waals surface area contributed by atoms with E-state index in [-0.39, 0.29) is 16.4 Å². The van der Waals surface area contributed by atoms with Gasteiger partial charge >= 0.3 is 0 Å². The molecule has 2 aliphatic rings. The quantitative estimate of drug-likeness (QED) is 0.290. The van der Waals surface area contributed by atoms with Crippen molar-refractivity contribution in [3.63, 3.8) is 0 Å². The first-order valence-corrected chi connectivity index (χ1v) is 13.0. The highest BCUT2D eigenvalue weighted by Gasteiger charge is 2.39. The van der Waals surface area contributed by atoms with Gasteiger partial charge in [0.2, 0.25) is 0 Å². The Labute approximate surface area is 225 Å². The van der Waals surface area contributed by atoms with E-state index in [4.69, 9.17) is 43.7 Å². The van der Waals surface area contributed by atoms with Crippen LogP contribution in [0.3, 0.4) is 0 Å². The van der Waals surface area contributed by atoms with E-state index in [9.17, 15) is 4.39 Å². The van der Waals surface area contributed by atoms with Crippen LogP contribution >= 0.6 is 23.2 Å². The first-order valence-electron chi connectivity index (χ1n) is 12.3. The summed E-state index contributed by atoms with van der Waals surface area (Å²) < 4.78 is 26.7. The Kier molecular flexibility index (Phi) is 7.17. The molecule has 1 saturated heterocycles. The number of ether oxygens (including phenoxy) is 2. The maximum absolute atomic E-state index is 14.0. The Balaban J connectivity index is 1.38. The van der Waals surface area contributed by atoms with Crippen molar-refractivity contribution < 1.29 is 13.9 Å². The molecule has 9 heteroatoms. The summed E-state index contributed by atoms with van der Waals surface area (Å²) in [6.45, 7) is 3.92. The number of benzene rings is 2. The molecule has 1 aromatic heterocycles. The van der Waals surface area contributed by atoms with E-state index in [1.165, 1.54) is 17.7 Å². The Bertz CT molecular complexity index is 1370. The van der Waals surface area contributed by atoms with E-state index in [1.807, 2.05) is 12.1 Å². The molecule has 1 unspecified atom stereocenters. The van der Waals surface area contributed by atoms with Crippen LogP contribution in [0.2, 0.25) is 10.0 Å². The first-order chi connectivity index (χ1) is 17.8. The summed E-state index contributed by atoms with van der Waals surface area (Å²) in [4.78, 5) is 6.50. The molecule has 0 bridgehead atoms. The zero-order chi connectivity index (χ0) is 26.2. The predicted octanol–water partition coefficient (Wildman–Crippen LogP) is 6.60. The highest BCUT2D eigenvalue weighted by atomic mass is 35.5. The lowest BCUT2D eigenvalue weighted by Crippen LogP contribution is -2.49. The van der Waals surface area contributed by atoms with Crippen molar-refractivity contribution in [2.75, 3.05) is 25.4 Å². The molecule has 0 radical (unpaired) electrons. The number of nitrogens with zero attached hydrogens (tertiary/aromatic N) is 3. The molecule has 192 valence electrons. The molecule has 6 nitrogen and oxygen atoms in total. The molecular weight excluding hydrogens is 514 g/mol. The van der Waals surface area contributed by atoms with Crippen LogP contribution in [0, 0.1) is 17.1 Å². The van der Waals surface area contributed by atoms with E-state index in [0.717, 1.165) is 55.6 Å². The molecule has 5 rings (SSSR count). The van der Waals surface area contributed by atoms with Gasteiger partial charge in [-0.25, -0.2) is 9.37 Å². The van der Waals surface area contributed by atoms with Gasteiger partial charge in [0.05, 0.1) is 17.6 Å². The Morgan fingerprint density at radius 1 is 1.19 bits per heavy atom. The van der Waals surface area contributed by atoms with Gasteiger partial charge in [-0.2, -0.15) is 5.26 Å². The van der Waals surface area contributed by atoms with Crippen LogP contribution in [-0.2, 0) is 6.42 Å². The zero-order valence-electron chi connectivity index (χ0n) is 20.4. The average molecular weight is 541 g/mol. The van der Waals surface area contributed by atoms with Gasteiger partial charge in [-0.05, 0) is 68.0 Å². The van der Waals surface area contributed by atoms with Crippen LogP contribution in [-0.4, -0.2) is 35.1 Å². The highest BCUT2D eigenvalue weighted by molar-refractivity contribution is 6.36. The van der Waals surface area contributed by atoms with Crippen LogP contribution in [0.4, 0.5) is 10.2 Å². The van der Waals surface area contributed by atoms with Gasteiger partial charge in [0.15, 0.2) is 11.6 Å². The fourth-order valence-corrected chi connectivity index (χ4v) is 5.80. The normalized spacial score (nSPS) is 17.5. The van der Waals surface area contributed by atoms with Crippen LogP contribution < -0.4 is 15.2 Å². The second kappa shape index (κ2) is 10.4. The number of fused-ring (bicyclic) bond motifs is 1. The SMILES string of the molecule is CC(Oc1cc(-c2ccc3c(c2)OC2(CC3)CCN(CC#N)CC2)cnc1N)c1c(Cl)ccc(F)c1Cl. The summed E-state index contributed by atoms with van der Waals surface area (Å²) in [5.41, 5.74) is 9.18. The number of anilines is 1. The fraction of sp³-hybridized carbons (Fsp3) is 0.357. The number of rotatable bonds is 5. The minimum Gasteiger partial charge on any atom is -0.487 e. The number of aromatic nitrogens is 1. The number of nitrogens with two attached hydrogens (primary N) is 1. The lowest BCUT2D eigenvalue weighted by Gasteiger charge is -2.44. The molecule has 2 aromatic carbocycles. The van der Waals surface area contributed by atoms with Crippen molar-refractivity contribution in [2.24, 2.45) is 0 Å². The Hall–Kier alpha value is -3.05. The topological polar surface area (TPSA) is 84.4 Å². The van der Waals surface area contributed by atoms with Crippen molar-refractivity contribution in [1.29, 1.82) is 5.26 Å². The highest BCUT2D eigenvalue weighted by Crippen LogP contribution is 2.42. The van der Waals surface area contributed by atoms with E-state index in [1.54, 1.807) is 19.2 Å². The summed E-state index contributed by atoms with van der Waals surface area (Å²) in [6.07, 6.45) is 4.77. The molecule has 2 aliphatic heterocycles. The smallest absolute Gasteiger partial charge is 0.166 e. The summed E-state index contributed by atoms with van der Waals surface area (Å²) >= 11 is 12.4. The minimum absolute atomic E-state index is 0.0816. The predicted molar refractivity (Wildman–Crippen MR) is 143 cm³/mol. The number of pyridine rings is 1. The van der Waals surface area contributed by atoms with Gasteiger partial charge < -0.3 is 15.2 Å². The molecule has 0 saturated carbocycles. The summed E-state index contributed by atoms with van der Waals surface area (Å²) in [6, 6.07) is 12.9. The van der Waals surface area contributed by atoms with Gasteiger partial charge in [0, 0.05) is 35.4 Å². The lowest BCUT2D eigenvalue weighted by atomic mass is 9.83. The lowest BCUT2D eigenvalue weighted by molar-refractivity contribution is -0.0115. The number of hydrogen-bond acceptors (Lipinski definition) is 6. The molecule has 37 heavy (non-hydrogen) atoms. The molecule has 1 atom stereocenters. The van der Waals surface area contributed by atoms with Crippen molar-refractivity contribution in [3.05, 3.63) is 69.6 Å². The number of piperidine rings is 1. The van der Waals surface area contributed by atoms with Crippen LogP contribution in [0.15, 0.2) is 42.6 Å². The van der Waals surface area contributed by atoms with Gasteiger partial charge in [-0.3, -0.25) is 4.90 Å². The number of likely N-dealkylation sites (tertiary alicyclic amines) is 1. The third-order valence-corrected chi connectivity index (χ3v) is 8.02. The monoisotopic (exact) mass is 540 g/mol. The standard InChI is InChI=1S/C28H27Cl2FN4O2/c1-17(25-21(29)4-5-22(31)26(25)30)36-24-15-20(16-34-27(24)33)19-3-2-18-6-7-28(37-23(18)14-19)8-11-35(12-9-28)13-10-32/h2-5,14-17H,6-9,11-13H2,1H3,(H2,33,34). The van der Waals surface area contributed by atoms with Crippen LogP contribution in [0.5, 0.6) is 11.5 Å². The maximum atomic E-state index is 14.0. The second-order valence-corrected chi connectivity index (χ2v) is 10.5. The molecule has 2 N–H and O–H groups in total. The van der Waals surface area contributed by atoms with Gasteiger partial charge in [-0.1, -0.05) is 35.3 Å². The van der Waals surface area contributed by atoms with E-state index in [2.05, 4.69) is 22.0 Å². The molecule has 3 aromatic rings. The molecule has 1 fully saturated rings. The maximum Gasteiger partial charge on any atom is 0.166 e. The number of aryl methyl sites for hydroxylation is 1. The third-order valence-electron chi connectivity index (χ3n) is 7.31. The van der Waals surface area contributed by atoms with Gasteiger partial charge in [-0.15, -0.1) is 0 Å². The zero-order valence-corrected chi connectivity index (χ0v) is 21.9. The largest absolute Gasteiger partial charge is 0.487 e. The number of nitriles is 1. The molecule has 0 aliphatic carbocycles. The fourth-order valence-electron chi connectivity index (χ4n) is 5.13. The van der Waals surface area contributed by atoms with Gasteiger partial charge in [0.1, 0.15) is 23.3 Å².